The molecule has 0 radical (unpaired) electrons. The Balaban J connectivity index is 1.60. The molecule has 0 bridgehead atoms. The highest BCUT2D eigenvalue weighted by atomic mass is 35.5. The topological polar surface area (TPSA) is 84.3 Å². The summed E-state index contributed by atoms with van der Waals surface area (Å²) in [5, 5.41) is 7.47. The first-order chi connectivity index (χ1) is 17.2. The maximum atomic E-state index is 14.6. The number of hydrogen-bond acceptors (Lipinski definition) is 7. The quantitative estimate of drug-likeness (QED) is 0.114. The van der Waals surface area contributed by atoms with Crippen molar-refractivity contribution in [3.8, 4) is 17.0 Å². The Morgan fingerprint density at radius 1 is 0.972 bits per heavy atom. The molecule has 7 nitrogen and oxygen atoms in total. The van der Waals surface area contributed by atoms with Crippen molar-refractivity contribution in [2.75, 3.05) is 10.7 Å². The van der Waals surface area contributed by atoms with Crippen LogP contribution in [0.3, 0.4) is 0 Å². The summed E-state index contributed by atoms with van der Waals surface area (Å²) in [6, 6.07) is 14.0. The maximum Gasteiger partial charge on any atom is 0.573 e. The zero-order valence-corrected chi connectivity index (χ0v) is 19.4. The van der Waals surface area contributed by atoms with Gasteiger partial charge in [-0.3, -0.25) is 0 Å². The van der Waals surface area contributed by atoms with Crippen LogP contribution in [0.1, 0.15) is 5.56 Å². The summed E-state index contributed by atoms with van der Waals surface area (Å²) in [6.07, 6.45) is -1.97. The normalized spacial score (nSPS) is 11.5. The first-order valence-electron chi connectivity index (χ1n) is 10.0. The number of rotatable bonds is 7. The van der Waals surface area contributed by atoms with E-state index in [2.05, 4.69) is 35.5 Å². The fourth-order valence-corrected chi connectivity index (χ4v) is 3.32. The van der Waals surface area contributed by atoms with Gasteiger partial charge >= 0.3 is 6.36 Å². The van der Waals surface area contributed by atoms with Gasteiger partial charge in [0.1, 0.15) is 22.5 Å². The van der Waals surface area contributed by atoms with Crippen molar-refractivity contribution in [3.05, 3.63) is 88.4 Å². The van der Waals surface area contributed by atoms with Gasteiger partial charge in [-0.05, 0) is 54.1 Å². The molecule has 184 valence electrons. The van der Waals surface area contributed by atoms with Gasteiger partial charge in [-0.25, -0.2) is 19.8 Å². The third-order valence-corrected chi connectivity index (χ3v) is 4.98. The molecule has 0 atom stereocenters. The van der Waals surface area contributed by atoms with Crippen molar-refractivity contribution in [2.45, 2.75) is 6.36 Å². The highest BCUT2D eigenvalue weighted by molar-refractivity contribution is 6.33. The Labute approximate surface area is 211 Å². The lowest BCUT2D eigenvalue weighted by Crippen LogP contribution is -2.17. The molecular formula is C23H14Cl2F4N6O. The fraction of sp³-hybridized carbons (Fsp3) is 0.0435. The second-order valence-corrected chi connectivity index (χ2v) is 7.83. The molecule has 0 saturated heterocycles. The van der Waals surface area contributed by atoms with E-state index in [4.69, 9.17) is 23.2 Å². The minimum absolute atomic E-state index is 0.00971. The predicted molar refractivity (Wildman–Crippen MR) is 129 cm³/mol. The lowest BCUT2D eigenvalue weighted by atomic mass is 10.1. The molecule has 0 aliphatic heterocycles. The van der Waals surface area contributed by atoms with Gasteiger partial charge in [0.25, 0.3) is 0 Å². The molecule has 36 heavy (non-hydrogen) atoms. The second-order valence-electron chi connectivity index (χ2n) is 7.04. The van der Waals surface area contributed by atoms with Gasteiger partial charge in [-0.1, -0.05) is 29.3 Å². The fourth-order valence-electron chi connectivity index (χ4n) is 2.95. The number of alkyl halides is 3. The smallest absolute Gasteiger partial charge is 0.406 e. The molecule has 2 aromatic heterocycles. The van der Waals surface area contributed by atoms with Crippen LogP contribution in [0.15, 0.2) is 72.0 Å². The molecule has 0 saturated carbocycles. The summed E-state index contributed by atoms with van der Waals surface area (Å²) in [5.41, 5.74) is 3.88. The van der Waals surface area contributed by atoms with Crippen LogP contribution < -0.4 is 15.5 Å². The van der Waals surface area contributed by atoms with E-state index in [0.29, 0.717) is 16.4 Å². The summed E-state index contributed by atoms with van der Waals surface area (Å²) in [5.74, 6) is -0.687. The Morgan fingerprint density at radius 2 is 1.75 bits per heavy atom. The van der Waals surface area contributed by atoms with Crippen molar-refractivity contribution in [3.63, 3.8) is 0 Å². The number of hydrazone groups is 1. The van der Waals surface area contributed by atoms with Gasteiger partial charge in [0.05, 0.1) is 34.4 Å². The Morgan fingerprint density at radius 3 is 2.42 bits per heavy atom. The highest BCUT2D eigenvalue weighted by Gasteiger charge is 2.30. The first-order valence-corrected chi connectivity index (χ1v) is 10.8. The molecule has 2 heterocycles. The van der Waals surface area contributed by atoms with Crippen LogP contribution in [0.25, 0.3) is 11.3 Å². The molecule has 4 rings (SSSR count). The summed E-state index contributed by atoms with van der Waals surface area (Å²) in [4.78, 5) is 12.6. The van der Waals surface area contributed by atoms with Crippen molar-refractivity contribution in [1.29, 1.82) is 0 Å². The minimum atomic E-state index is -4.78. The van der Waals surface area contributed by atoms with Crippen LogP contribution in [-0.4, -0.2) is 27.5 Å². The lowest BCUT2D eigenvalue weighted by Gasteiger charge is -2.11. The number of halogens is 6. The molecule has 0 spiro atoms. The summed E-state index contributed by atoms with van der Waals surface area (Å²) < 4.78 is 55.3. The zero-order valence-electron chi connectivity index (χ0n) is 17.9. The Kier molecular flexibility index (Phi) is 7.51. The molecule has 0 aliphatic carbocycles. The van der Waals surface area contributed by atoms with Gasteiger partial charge in [-0.2, -0.15) is 10.1 Å². The predicted octanol–water partition coefficient (Wildman–Crippen LogP) is 7.07. The number of aromatic nitrogens is 3. The number of hydrogen-bond donors (Lipinski definition) is 2. The number of anilines is 3. The van der Waals surface area contributed by atoms with Gasteiger partial charge in [0, 0.05) is 6.07 Å². The third kappa shape index (κ3) is 6.80. The number of nitrogens with one attached hydrogen (secondary N) is 2. The second kappa shape index (κ2) is 10.8. The number of ether oxygens (including phenoxy) is 1. The van der Waals surface area contributed by atoms with Gasteiger partial charge in [0.15, 0.2) is 0 Å². The van der Waals surface area contributed by atoms with Crippen LogP contribution in [0.2, 0.25) is 10.2 Å². The monoisotopic (exact) mass is 536 g/mol. The Hall–Kier alpha value is -3.96. The first kappa shape index (κ1) is 25.1. The van der Waals surface area contributed by atoms with E-state index in [1.807, 2.05) is 0 Å². The number of nitrogens with zero attached hydrogens (tertiary/aromatic N) is 4. The van der Waals surface area contributed by atoms with E-state index in [1.165, 1.54) is 48.8 Å². The molecule has 2 aromatic carbocycles. The van der Waals surface area contributed by atoms with Gasteiger partial charge < -0.3 is 10.1 Å². The average Bonchev–Trinajstić information content (AvgIpc) is 2.81. The zero-order chi connectivity index (χ0) is 25.7. The van der Waals surface area contributed by atoms with Crippen LogP contribution in [0.4, 0.5) is 35.0 Å². The van der Waals surface area contributed by atoms with Crippen molar-refractivity contribution < 1.29 is 22.3 Å². The molecule has 0 unspecified atom stereocenters. The van der Waals surface area contributed by atoms with Crippen LogP contribution >= 0.6 is 23.2 Å². The summed E-state index contributed by atoms with van der Waals surface area (Å²) >= 11 is 12.0. The molecule has 2 N–H and O–H groups in total. The molecule has 4 aromatic rings. The molecule has 0 fully saturated rings. The maximum absolute atomic E-state index is 14.6. The molecule has 13 heteroatoms. The van der Waals surface area contributed by atoms with E-state index in [1.54, 1.807) is 12.1 Å². The molecule has 0 amide bonds. The Bertz CT molecular complexity index is 1360. The lowest BCUT2D eigenvalue weighted by molar-refractivity contribution is -0.274. The van der Waals surface area contributed by atoms with E-state index in [9.17, 15) is 17.6 Å². The number of pyridine rings is 1. The van der Waals surface area contributed by atoms with Crippen molar-refractivity contribution >= 4 is 46.9 Å². The number of benzene rings is 2. The SMILES string of the molecule is Fc1cccc(Cl)c1-c1cc(Nc2ccc(Cl)nc2)nc(N/N=C\c2ccc(OC(F)(F)F)cc2)n1. The van der Waals surface area contributed by atoms with Crippen molar-refractivity contribution in [1.82, 2.24) is 15.0 Å². The van der Waals surface area contributed by atoms with Crippen molar-refractivity contribution in [2.24, 2.45) is 5.10 Å². The van der Waals surface area contributed by atoms with Gasteiger partial charge in [0.2, 0.25) is 5.95 Å². The summed E-state index contributed by atoms with van der Waals surface area (Å²) in [7, 11) is 0. The van der Waals surface area contributed by atoms with E-state index in [0.717, 1.165) is 12.1 Å². The minimum Gasteiger partial charge on any atom is -0.406 e. The van der Waals surface area contributed by atoms with E-state index >= 15 is 0 Å². The molecular weight excluding hydrogens is 523 g/mol. The average molecular weight is 537 g/mol. The largest absolute Gasteiger partial charge is 0.573 e. The summed E-state index contributed by atoms with van der Waals surface area (Å²) in [6.45, 7) is 0. The molecule has 0 aliphatic rings. The van der Waals surface area contributed by atoms with E-state index < -0.39 is 12.2 Å². The highest BCUT2D eigenvalue weighted by Crippen LogP contribution is 2.31. The van der Waals surface area contributed by atoms with Crippen LogP contribution in [0, 0.1) is 5.82 Å². The van der Waals surface area contributed by atoms with Crippen LogP contribution in [-0.2, 0) is 0 Å². The van der Waals surface area contributed by atoms with E-state index in [-0.39, 0.29) is 33.8 Å². The third-order valence-electron chi connectivity index (χ3n) is 4.44. The van der Waals surface area contributed by atoms with Crippen LogP contribution in [0.5, 0.6) is 5.75 Å². The standard InChI is InChI=1S/C23H14Cl2F4N6O/c24-16-2-1-3-17(26)21(16)18-10-20(32-14-6-9-19(25)30-12-14)34-22(33-18)35-31-11-13-4-7-15(8-5-13)36-23(27,28)29/h1-12H,(H2,32,33,34,35)/b31-11-. The van der Waals surface area contributed by atoms with Gasteiger partial charge in [-0.15, -0.1) is 13.2 Å².